The highest BCUT2D eigenvalue weighted by Gasteiger charge is 2.15. The van der Waals surface area contributed by atoms with Gasteiger partial charge in [0.2, 0.25) is 0 Å². The van der Waals surface area contributed by atoms with Gasteiger partial charge in [0.15, 0.2) is 0 Å². The number of nitrogens with one attached hydrogen (secondary N) is 1. The van der Waals surface area contributed by atoms with Gasteiger partial charge < -0.3 is 20.6 Å². The predicted octanol–water partition coefficient (Wildman–Crippen LogP) is 2.77. The lowest BCUT2D eigenvalue weighted by molar-refractivity contribution is 0.136. The maximum absolute atomic E-state index is 10.4. The van der Waals surface area contributed by atoms with E-state index in [4.69, 9.17) is 5.48 Å². The van der Waals surface area contributed by atoms with Crippen LogP contribution in [0.5, 0.6) is 11.5 Å². The smallest absolute Gasteiger partial charge is 0.115 e. The summed E-state index contributed by atoms with van der Waals surface area (Å²) < 4.78 is 31.0. The van der Waals surface area contributed by atoms with E-state index in [2.05, 4.69) is 5.32 Å². The first kappa shape index (κ1) is 12.8. The number of halogens is 1. The quantitative estimate of drug-likeness (QED) is 0.658. The molecule has 2 aromatic rings. The van der Waals surface area contributed by atoms with Crippen molar-refractivity contribution in [2.75, 3.05) is 6.54 Å². The highest BCUT2D eigenvalue weighted by Crippen LogP contribution is 2.19. The van der Waals surface area contributed by atoms with Crippen molar-refractivity contribution in [1.82, 2.24) is 5.32 Å². The zero-order valence-corrected chi connectivity index (χ0v) is 12.9. The standard InChI is InChI=1S/C17H21NO3.ClH/c1-12(17(21)14-4-8-16(20)9-5-14)18-11-10-13-2-6-15(19)7-3-13;/h2-9,12,17-21H,10-11H2,1H3;1H/t12-,17-;/m0./s1/i4D,5D,8D,9D;. The normalized spacial score (nSPS) is 15.7. The zero-order chi connectivity index (χ0) is 18.7. The molecular formula is C17H22ClNO3. The summed E-state index contributed by atoms with van der Waals surface area (Å²) >= 11 is 0. The molecule has 0 aromatic heterocycles. The fourth-order valence-electron chi connectivity index (χ4n) is 1.93. The number of hydrogen-bond donors (Lipinski definition) is 4. The van der Waals surface area contributed by atoms with Crippen molar-refractivity contribution < 1.29 is 20.8 Å². The molecule has 0 saturated heterocycles. The Morgan fingerprint density at radius 2 is 1.64 bits per heavy atom. The summed E-state index contributed by atoms with van der Waals surface area (Å²) in [5.74, 6) is -0.532. The van der Waals surface area contributed by atoms with Gasteiger partial charge in [-0.15, -0.1) is 12.4 Å². The van der Waals surface area contributed by atoms with E-state index < -0.39 is 42.1 Å². The molecule has 5 heteroatoms. The molecule has 22 heavy (non-hydrogen) atoms. The third-order valence-corrected chi connectivity index (χ3v) is 3.22. The van der Waals surface area contributed by atoms with Crippen molar-refractivity contribution in [3.05, 3.63) is 59.6 Å². The Morgan fingerprint density at radius 1 is 1.05 bits per heavy atom. The number of aliphatic hydroxyl groups is 1. The van der Waals surface area contributed by atoms with Crippen LogP contribution < -0.4 is 5.32 Å². The first-order valence-electron chi connectivity index (χ1n) is 8.72. The molecule has 0 aliphatic heterocycles. The molecule has 0 heterocycles. The second kappa shape index (κ2) is 8.63. The van der Waals surface area contributed by atoms with E-state index in [1.807, 2.05) is 0 Å². The Hall–Kier alpha value is -1.75. The van der Waals surface area contributed by atoms with Gasteiger partial charge in [0.05, 0.1) is 11.6 Å². The number of aliphatic hydroxyl groups excluding tert-OH is 1. The number of phenols is 2. The lowest BCUT2D eigenvalue weighted by atomic mass is 10.0. The van der Waals surface area contributed by atoms with Crippen LogP contribution in [0.1, 0.15) is 29.6 Å². The second-order valence-corrected chi connectivity index (χ2v) is 4.87. The molecule has 0 spiro atoms. The molecule has 0 amide bonds. The van der Waals surface area contributed by atoms with Crippen molar-refractivity contribution in [3.63, 3.8) is 0 Å². The van der Waals surface area contributed by atoms with Gasteiger partial charge in [-0.05, 0) is 55.2 Å². The molecule has 0 aliphatic rings. The van der Waals surface area contributed by atoms with E-state index in [0.29, 0.717) is 13.0 Å². The topological polar surface area (TPSA) is 72.7 Å². The summed E-state index contributed by atoms with van der Waals surface area (Å²) in [6.07, 6.45) is -0.601. The first-order chi connectivity index (χ1) is 11.7. The summed E-state index contributed by atoms with van der Waals surface area (Å²) in [7, 11) is 0. The fraction of sp³-hybridized carbons (Fsp3) is 0.294. The molecule has 0 unspecified atom stereocenters. The number of aromatic hydroxyl groups is 2. The third kappa shape index (κ3) is 5.22. The summed E-state index contributed by atoms with van der Waals surface area (Å²) in [5, 5.41) is 32.4. The van der Waals surface area contributed by atoms with Gasteiger partial charge in [0.1, 0.15) is 11.5 Å². The molecule has 4 N–H and O–H groups in total. The minimum atomic E-state index is -1.26. The van der Waals surface area contributed by atoms with Gasteiger partial charge in [0, 0.05) is 6.04 Å². The van der Waals surface area contributed by atoms with Crippen LogP contribution in [-0.2, 0) is 6.42 Å². The van der Waals surface area contributed by atoms with Crippen LogP contribution in [0.3, 0.4) is 0 Å². The van der Waals surface area contributed by atoms with Crippen molar-refractivity contribution in [3.8, 4) is 11.5 Å². The highest BCUT2D eigenvalue weighted by atomic mass is 35.5. The van der Waals surface area contributed by atoms with E-state index in [1.54, 1.807) is 31.2 Å². The van der Waals surface area contributed by atoms with E-state index >= 15 is 0 Å². The largest absolute Gasteiger partial charge is 0.508 e. The third-order valence-electron chi connectivity index (χ3n) is 3.22. The number of benzene rings is 2. The number of rotatable bonds is 6. The molecule has 0 aliphatic carbocycles. The molecule has 120 valence electrons. The number of phenolic OH excluding ortho intramolecular Hbond substituents is 2. The Morgan fingerprint density at radius 3 is 2.23 bits per heavy atom. The summed E-state index contributed by atoms with van der Waals surface area (Å²) in [4.78, 5) is 0. The number of hydrogen-bond acceptors (Lipinski definition) is 4. The molecule has 0 radical (unpaired) electrons. The second-order valence-electron chi connectivity index (χ2n) is 4.87. The minimum Gasteiger partial charge on any atom is -0.508 e. The van der Waals surface area contributed by atoms with Crippen molar-refractivity contribution in [2.24, 2.45) is 0 Å². The van der Waals surface area contributed by atoms with Gasteiger partial charge in [0.25, 0.3) is 0 Å². The lowest BCUT2D eigenvalue weighted by Crippen LogP contribution is -2.33. The van der Waals surface area contributed by atoms with Crippen molar-refractivity contribution in [2.45, 2.75) is 25.5 Å². The monoisotopic (exact) mass is 327 g/mol. The Kier molecular flexibility index (Phi) is 5.01. The van der Waals surface area contributed by atoms with E-state index in [9.17, 15) is 15.3 Å². The minimum absolute atomic E-state index is 0. The van der Waals surface area contributed by atoms with Gasteiger partial charge in [-0.3, -0.25) is 0 Å². The zero-order valence-electron chi connectivity index (χ0n) is 16.1. The van der Waals surface area contributed by atoms with Gasteiger partial charge >= 0.3 is 0 Å². The molecule has 2 rings (SSSR count). The molecule has 4 nitrogen and oxygen atoms in total. The SMILES string of the molecule is Cl.[2H]c1c([2H])c([C@@H](O)[C@H](C)NCCc2ccc(O)cc2)c([2H])c([2H])c1O. The molecule has 0 saturated carbocycles. The van der Waals surface area contributed by atoms with Crippen LogP contribution >= 0.6 is 12.4 Å². The van der Waals surface area contributed by atoms with Crippen LogP contribution in [0.15, 0.2) is 48.4 Å². The summed E-state index contributed by atoms with van der Waals surface area (Å²) in [6.45, 7) is 2.20. The maximum atomic E-state index is 10.4. The molecule has 2 aromatic carbocycles. The van der Waals surface area contributed by atoms with E-state index in [-0.39, 0.29) is 23.7 Å². The Balaban J connectivity index is 0.00000338. The van der Waals surface area contributed by atoms with Crippen LogP contribution in [0.25, 0.3) is 0 Å². The molecule has 0 fully saturated rings. The molecular weight excluding hydrogens is 302 g/mol. The van der Waals surface area contributed by atoms with E-state index in [0.717, 1.165) is 5.56 Å². The Bertz CT molecular complexity index is 730. The average Bonchev–Trinajstić information content (AvgIpc) is 2.60. The van der Waals surface area contributed by atoms with Gasteiger partial charge in [-0.25, -0.2) is 0 Å². The highest BCUT2D eigenvalue weighted by molar-refractivity contribution is 5.85. The Labute approximate surface area is 142 Å². The fourth-order valence-corrected chi connectivity index (χ4v) is 1.93. The lowest BCUT2D eigenvalue weighted by Gasteiger charge is -2.20. The van der Waals surface area contributed by atoms with Crippen molar-refractivity contribution >= 4 is 12.4 Å². The summed E-state index contributed by atoms with van der Waals surface area (Å²) in [5.41, 5.74) is 0.860. The summed E-state index contributed by atoms with van der Waals surface area (Å²) in [6, 6.07) is 4.23. The average molecular weight is 328 g/mol. The molecule has 0 bridgehead atoms. The predicted molar refractivity (Wildman–Crippen MR) is 89.6 cm³/mol. The van der Waals surface area contributed by atoms with E-state index in [1.165, 1.54) is 0 Å². The van der Waals surface area contributed by atoms with Crippen LogP contribution in [0.4, 0.5) is 0 Å². The van der Waals surface area contributed by atoms with Gasteiger partial charge in [-0.1, -0.05) is 24.2 Å². The first-order valence-corrected chi connectivity index (χ1v) is 6.72. The van der Waals surface area contributed by atoms with Gasteiger partial charge in [-0.2, -0.15) is 0 Å². The maximum Gasteiger partial charge on any atom is 0.115 e. The van der Waals surface area contributed by atoms with Crippen LogP contribution in [0, 0.1) is 0 Å². The van der Waals surface area contributed by atoms with Crippen molar-refractivity contribution in [1.29, 1.82) is 0 Å². The van der Waals surface area contributed by atoms with Crippen LogP contribution in [-0.4, -0.2) is 27.9 Å². The molecule has 2 atom stereocenters. The van der Waals surface area contributed by atoms with Crippen LogP contribution in [0.2, 0.25) is 0 Å².